The van der Waals surface area contributed by atoms with E-state index in [2.05, 4.69) is 21.2 Å². The fourth-order valence-corrected chi connectivity index (χ4v) is 2.54. The molecular weight excluding hydrogens is 290 g/mol. The Kier molecular flexibility index (Phi) is 4.95. The number of halogens is 1. The summed E-state index contributed by atoms with van der Waals surface area (Å²) < 4.78 is 0.974. The summed E-state index contributed by atoms with van der Waals surface area (Å²) in [5.41, 5.74) is 1.06. The van der Waals surface area contributed by atoms with Gasteiger partial charge in [0.25, 0.3) is 5.91 Å². The fourth-order valence-electron chi connectivity index (χ4n) is 1.09. The van der Waals surface area contributed by atoms with Crippen molar-refractivity contribution in [3.05, 3.63) is 20.3 Å². The van der Waals surface area contributed by atoms with Gasteiger partial charge in [-0.05, 0) is 40.4 Å². The predicted octanol–water partition coefficient (Wildman–Crippen LogP) is 2.57. The molecule has 0 aliphatic carbocycles. The number of carbonyl (C=O) groups excluding carboxylic acids is 1. The molecule has 5 heteroatoms. The first-order valence-electron chi connectivity index (χ1n) is 5.14. The quantitative estimate of drug-likeness (QED) is 0.898. The van der Waals surface area contributed by atoms with Gasteiger partial charge in [0.15, 0.2) is 0 Å². The number of nitrogens with one attached hydrogen (secondary N) is 1. The lowest BCUT2D eigenvalue weighted by Gasteiger charge is -2.14. The Labute approximate surface area is 108 Å². The molecule has 0 fully saturated rings. The highest BCUT2D eigenvalue weighted by Gasteiger charge is 2.14. The number of thiophene rings is 1. The van der Waals surface area contributed by atoms with Crippen LogP contribution in [0.4, 0.5) is 0 Å². The van der Waals surface area contributed by atoms with Crippen LogP contribution in [-0.4, -0.2) is 23.7 Å². The average molecular weight is 306 g/mol. The zero-order valence-corrected chi connectivity index (χ0v) is 12.0. The van der Waals surface area contributed by atoms with E-state index in [1.54, 1.807) is 0 Å². The van der Waals surface area contributed by atoms with Gasteiger partial charge >= 0.3 is 0 Å². The summed E-state index contributed by atoms with van der Waals surface area (Å²) in [6.45, 7) is 6.08. The van der Waals surface area contributed by atoms with Crippen LogP contribution in [0, 0.1) is 12.8 Å². The summed E-state index contributed by atoms with van der Waals surface area (Å²) in [4.78, 5) is 12.4. The average Bonchev–Trinajstić information content (AvgIpc) is 2.55. The second kappa shape index (κ2) is 5.80. The molecule has 1 amide bonds. The van der Waals surface area contributed by atoms with Crippen LogP contribution >= 0.6 is 27.3 Å². The molecule has 1 unspecified atom stereocenters. The standard InChI is InChI=1S/C11H16BrNO2S/c1-6(2)8(14)5-13-11(15)9-4-7(3)10(12)16-9/h4,6,8,14H,5H2,1-3H3,(H,13,15). The van der Waals surface area contributed by atoms with E-state index in [4.69, 9.17) is 0 Å². The molecule has 1 atom stereocenters. The van der Waals surface area contributed by atoms with Gasteiger partial charge in [-0.15, -0.1) is 11.3 Å². The first-order valence-corrected chi connectivity index (χ1v) is 6.75. The van der Waals surface area contributed by atoms with Gasteiger partial charge in [-0.1, -0.05) is 13.8 Å². The maximum absolute atomic E-state index is 11.7. The van der Waals surface area contributed by atoms with Crippen LogP contribution in [0.15, 0.2) is 9.85 Å². The normalized spacial score (nSPS) is 12.9. The summed E-state index contributed by atoms with van der Waals surface area (Å²) in [5.74, 6) is 0.0237. The van der Waals surface area contributed by atoms with E-state index < -0.39 is 6.10 Å². The monoisotopic (exact) mass is 305 g/mol. The van der Waals surface area contributed by atoms with Crippen LogP contribution in [0.5, 0.6) is 0 Å². The van der Waals surface area contributed by atoms with Crippen LogP contribution < -0.4 is 5.32 Å². The molecular formula is C11H16BrNO2S. The minimum atomic E-state index is -0.492. The summed E-state index contributed by atoms with van der Waals surface area (Å²) in [5, 5.41) is 12.3. The second-order valence-electron chi connectivity index (χ2n) is 4.09. The maximum atomic E-state index is 11.7. The number of aryl methyl sites for hydroxylation is 1. The molecule has 0 aromatic carbocycles. The molecule has 0 aliphatic rings. The first-order chi connectivity index (χ1) is 7.41. The maximum Gasteiger partial charge on any atom is 0.261 e. The molecule has 0 spiro atoms. The van der Waals surface area contributed by atoms with Crippen LogP contribution in [0.25, 0.3) is 0 Å². The van der Waals surface area contributed by atoms with E-state index in [1.165, 1.54) is 11.3 Å². The topological polar surface area (TPSA) is 49.3 Å². The zero-order chi connectivity index (χ0) is 12.3. The van der Waals surface area contributed by atoms with Crippen molar-refractivity contribution in [3.63, 3.8) is 0 Å². The Morgan fingerprint density at radius 2 is 2.25 bits per heavy atom. The third-order valence-corrected chi connectivity index (χ3v) is 4.46. The van der Waals surface area contributed by atoms with E-state index >= 15 is 0 Å². The second-order valence-corrected chi connectivity index (χ2v) is 6.46. The van der Waals surface area contributed by atoms with Gasteiger partial charge in [-0.2, -0.15) is 0 Å². The van der Waals surface area contributed by atoms with E-state index in [0.717, 1.165) is 9.35 Å². The molecule has 1 heterocycles. The van der Waals surface area contributed by atoms with Crippen molar-refractivity contribution in [1.82, 2.24) is 5.32 Å². The molecule has 3 nitrogen and oxygen atoms in total. The summed E-state index contributed by atoms with van der Waals surface area (Å²) in [7, 11) is 0. The number of aliphatic hydroxyl groups is 1. The van der Waals surface area contributed by atoms with Gasteiger partial charge in [0.2, 0.25) is 0 Å². The number of rotatable bonds is 4. The third-order valence-electron chi connectivity index (χ3n) is 2.32. The highest BCUT2D eigenvalue weighted by molar-refractivity contribution is 9.11. The lowest BCUT2D eigenvalue weighted by Crippen LogP contribution is -2.34. The highest BCUT2D eigenvalue weighted by atomic mass is 79.9. The molecule has 1 aromatic heterocycles. The van der Waals surface area contributed by atoms with Crippen molar-refractivity contribution in [1.29, 1.82) is 0 Å². The van der Waals surface area contributed by atoms with Crippen LogP contribution in [-0.2, 0) is 0 Å². The molecule has 0 radical (unpaired) electrons. The van der Waals surface area contributed by atoms with Crippen LogP contribution in [0.2, 0.25) is 0 Å². The number of hydrogen-bond acceptors (Lipinski definition) is 3. The molecule has 2 N–H and O–H groups in total. The minimum absolute atomic E-state index is 0.126. The largest absolute Gasteiger partial charge is 0.391 e. The predicted molar refractivity (Wildman–Crippen MR) is 69.9 cm³/mol. The molecule has 16 heavy (non-hydrogen) atoms. The molecule has 1 rings (SSSR count). The van der Waals surface area contributed by atoms with Crippen molar-refractivity contribution in [2.45, 2.75) is 26.9 Å². The van der Waals surface area contributed by atoms with E-state index in [1.807, 2.05) is 26.8 Å². The van der Waals surface area contributed by atoms with Gasteiger partial charge in [0.05, 0.1) is 14.8 Å². The summed E-state index contributed by atoms with van der Waals surface area (Å²) >= 11 is 4.78. The van der Waals surface area contributed by atoms with Crippen molar-refractivity contribution in [2.24, 2.45) is 5.92 Å². The van der Waals surface area contributed by atoms with Gasteiger partial charge in [-0.25, -0.2) is 0 Å². The molecule has 0 saturated carbocycles. The minimum Gasteiger partial charge on any atom is -0.391 e. The molecule has 0 bridgehead atoms. The molecule has 0 aliphatic heterocycles. The molecule has 0 saturated heterocycles. The Hall–Kier alpha value is -0.390. The molecule has 1 aromatic rings. The van der Waals surface area contributed by atoms with Gasteiger partial charge in [0, 0.05) is 6.54 Å². The Morgan fingerprint density at radius 1 is 1.62 bits per heavy atom. The number of aliphatic hydroxyl groups excluding tert-OH is 1. The van der Waals surface area contributed by atoms with E-state index in [-0.39, 0.29) is 11.8 Å². The van der Waals surface area contributed by atoms with E-state index in [9.17, 15) is 9.90 Å². The smallest absolute Gasteiger partial charge is 0.261 e. The lowest BCUT2D eigenvalue weighted by molar-refractivity contribution is 0.0875. The van der Waals surface area contributed by atoms with Gasteiger partial charge < -0.3 is 10.4 Å². The van der Waals surface area contributed by atoms with Crippen LogP contribution in [0.1, 0.15) is 29.1 Å². The first kappa shape index (κ1) is 13.7. The lowest BCUT2D eigenvalue weighted by atomic mass is 10.1. The SMILES string of the molecule is Cc1cc(C(=O)NCC(O)C(C)C)sc1Br. The highest BCUT2D eigenvalue weighted by Crippen LogP contribution is 2.27. The Bertz CT molecular complexity index is 357. The Morgan fingerprint density at radius 3 is 2.69 bits per heavy atom. The number of hydrogen-bond donors (Lipinski definition) is 2. The molecule has 90 valence electrons. The number of amides is 1. The fraction of sp³-hybridized carbons (Fsp3) is 0.545. The van der Waals surface area contributed by atoms with Crippen molar-refractivity contribution in [3.8, 4) is 0 Å². The van der Waals surface area contributed by atoms with Crippen molar-refractivity contribution in [2.75, 3.05) is 6.54 Å². The third kappa shape index (κ3) is 3.57. The van der Waals surface area contributed by atoms with E-state index in [0.29, 0.717) is 11.4 Å². The Balaban J connectivity index is 2.53. The van der Waals surface area contributed by atoms with Gasteiger partial charge in [-0.3, -0.25) is 4.79 Å². The summed E-state index contributed by atoms with van der Waals surface area (Å²) in [6.07, 6.45) is -0.492. The van der Waals surface area contributed by atoms with Crippen molar-refractivity contribution < 1.29 is 9.90 Å². The summed E-state index contributed by atoms with van der Waals surface area (Å²) in [6, 6.07) is 1.84. The van der Waals surface area contributed by atoms with Gasteiger partial charge in [0.1, 0.15) is 0 Å². The van der Waals surface area contributed by atoms with Crippen LogP contribution in [0.3, 0.4) is 0 Å². The number of carbonyl (C=O) groups is 1. The van der Waals surface area contributed by atoms with Crippen molar-refractivity contribution >= 4 is 33.2 Å². The zero-order valence-electron chi connectivity index (χ0n) is 9.58.